The zero-order valence-electron chi connectivity index (χ0n) is 40.2. The third-order valence-corrected chi connectivity index (χ3v) is 29.7. The second-order valence-corrected chi connectivity index (χ2v) is 29.7. The van der Waals surface area contributed by atoms with Gasteiger partial charge >= 0.3 is 0 Å². The van der Waals surface area contributed by atoms with Gasteiger partial charge in [0.25, 0.3) is 0 Å². The first-order chi connectivity index (χ1) is 27.0. The maximum atomic E-state index is 3.15. The minimum atomic E-state index is 0.0426. The molecule has 55 heavy (non-hydrogen) atoms. The zero-order chi connectivity index (χ0) is 40.7. The highest BCUT2D eigenvalue weighted by Crippen LogP contribution is 2.80. The molecule has 0 aliphatic carbocycles. The van der Waals surface area contributed by atoms with Crippen LogP contribution in [-0.2, 0) is 0 Å². The van der Waals surface area contributed by atoms with Gasteiger partial charge in [0.1, 0.15) is 0 Å². The Balaban J connectivity index is 7.74. The summed E-state index contributed by atoms with van der Waals surface area (Å²) >= 11 is 0. The standard InChI is InChI=1S/C51H108P4/c1-10-18-26-34-42-52(43-35-27-19-11-2)50(53(44-36-28-20-12-3)45-37-29-21-13-4)51(9,54(46-38-30-22-14-5)47-39-31-23-15-6)55(48-40-32-24-16-7)49-41-33-25-17-8/h50H,10-49H2,1-9H3. The molecule has 0 aliphatic heterocycles. The molecule has 0 radical (unpaired) electrons. The maximum Gasteiger partial charge on any atom is 0.0184 e. The monoisotopic (exact) mass is 845 g/mol. The Morgan fingerprint density at radius 2 is 0.436 bits per heavy atom. The van der Waals surface area contributed by atoms with Crippen molar-refractivity contribution in [2.75, 3.05) is 49.3 Å². The summed E-state index contributed by atoms with van der Waals surface area (Å²) in [5.74, 6) is 0. The second kappa shape index (κ2) is 42.4. The highest BCUT2D eigenvalue weighted by molar-refractivity contribution is 7.84. The summed E-state index contributed by atoms with van der Waals surface area (Å²) in [7, 11) is 0.237. The lowest BCUT2D eigenvalue weighted by molar-refractivity contribution is 0.680. The third kappa shape index (κ3) is 28.0. The van der Waals surface area contributed by atoms with Gasteiger partial charge in [-0.1, -0.05) is 248 Å². The van der Waals surface area contributed by atoms with Crippen molar-refractivity contribution in [3.05, 3.63) is 0 Å². The Bertz CT molecular complexity index is 638. The van der Waals surface area contributed by atoms with Crippen molar-refractivity contribution in [2.24, 2.45) is 0 Å². The summed E-state index contributed by atoms with van der Waals surface area (Å²) < 4.78 is 0. The lowest BCUT2D eigenvalue weighted by Gasteiger charge is -2.56. The molecular weight excluding hydrogens is 736 g/mol. The molecule has 0 aromatic rings. The van der Waals surface area contributed by atoms with E-state index in [4.69, 9.17) is 0 Å². The van der Waals surface area contributed by atoms with Crippen molar-refractivity contribution in [2.45, 2.75) is 278 Å². The molecule has 0 saturated heterocycles. The molecule has 0 N–H and O–H groups in total. The number of hydrogen-bond donors (Lipinski definition) is 0. The Morgan fingerprint density at radius 1 is 0.255 bits per heavy atom. The minimum Gasteiger partial charge on any atom is -0.0978 e. The Labute approximate surface area is 357 Å². The summed E-state index contributed by atoms with van der Waals surface area (Å²) in [5.41, 5.74) is 0. The molecule has 0 bridgehead atoms. The quantitative estimate of drug-likeness (QED) is 0.0423. The molecule has 0 unspecified atom stereocenters. The lowest BCUT2D eigenvalue weighted by atomic mass is 10.2. The summed E-state index contributed by atoms with van der Waals surface area (Å²) in [4.78, 5) is 0.657. The van der Waals surface area contributed by atoms with Crippen LogP contribution < -0.4 is 0 Å². The topological polar surface area (TPSA) is 0 Å². The summed E-state index contributed by atoms with van der Waals surface area (Å²) in [5, 5.41) is 1.11. The molecule has 4 heteroatoms. The van der Waals surface area contributed by atoms with E-state index in [0.29, 0.717) is 4.90 Å². The SMILES string of the molecule is CCCCCCP(CCCCCC)C(P(CCCCCC)CCCCCC)C(C)(P(CCCCCC)CCCCCC)P(CCCCCC)CCCCCC. The van der Waals surface area contributed by atoms with Gasteiger partial charge in [-0.15, -0.1) is 0 Å². The predicted molar refractivity (Wildman–Crippen MR) is 272 cm³/mol. The first-order valence-electron chi connectivity index (χ1n) is 25.9. The van der Waals surface area contributed by atoms with Gasteiger partial charge in [-0.25, -0.2) is 0 Å². The van der Waals surface area contributed by atoms with Gasteiger partial charge in [0.05, 0.1) is 0 Å². The summed E-state index contributed by atoms with van der Waals surface area (Å²) in [6, 6.07) is 0. The fraction of sp³-hybridized carbons (Fsp3) is 1.00. The van der Waals surface area contributed by atoms with E-state index in [1.54, 1.807) is 101 Å². The fourth-order valence-electron chi connectivity index (χ4n) is 9.18. The van der Waals surface area contributed by atoms with Crippen LogP contribution in [0.4, 0.5) is 0 Å². The van der Waals surface area contributed by atoms with Gasteiger partial charge in [-0.2, -0.15) is 0 Å². The lowest BCUT2D eigenvalue weighted by Crippen LogP contribution is -2.39. The van der Waals surface area contributed by atoms with E-state index in [0.717, 1.165) is 5.40 Å². The van der Waals surface area contributed by atoms with Crippen LogP contribution in [0.25, 0.3) is 0 Å². The van der Waals surface area contributed by atoms with Gasteiger partial charge < -0.3 is 0 Å². The van der Waals surface area contributed by atoms with Crippen molar-refractivity contribution >= 4 is 31.7 Å². The molecule has 0 aromatic carbocycles. The first-order valence-corrected chi connectivity index (χ1v) is 32.9. The van der Waals surface area contributed by atoms with Gasteiger partial charge in [-0.05, 0) is 101 Å². The molecule has 0 atom stereocenters. The van der Waals surface area contributed by atoms with Crippen LogP contribution in [0.1, 0.15) is 268 Å². The van der Waals surface area contributed by atoms with E-state index in [2.05, 4.69) is 62.3 Å². The zero-order valence-corrected chi connectivity index (χ0v) is 43.7. The summed E-state index contributed by atoms with van der Waals surface area (Å²) in [6.07, 6.45) is 60.2. The molecule has 0 nitrogen and oxygen atoms in total. The first kappa shape index (κ1) is 56.7. The second-order valence-electron chi connectivity index (χ2n) is 18.0. The molecule has 0 amide bonds. The highest BCUT2D eigenvalue weighted by atomic mass is 31.2. The molecule has 0 heterocycles. The Hall–Kier alpha value is 1.72. The van der Waals surface area contributed by atoms with Crippen LogP contribution in [0.5, 0.6) is 0 Å². The van der Waals surface area contributed by atoms with Crippen LogP contribution in [0.2, 0.25) is 0 Å². The van der Waals surface area contributed by atoms with Crippen molar-refractivity contribution in [1.82, 2.24) is 0 Å². The number of unbranched alkanes of at least 4 members (excludes halogenated alkanes) is 24. The van der Waals surface area contributed by atoms with Crippen molar-refractivity contribution in [3.8, 4) is 0 Å². The van der Waals surface area contributed by atoms with E-state index in [1.165, 1.54) is 154 Å². The average molecular weight is 845 g/mol. The number of rotatable bonds is 45. The molecule has 0 fully saturated rings. The Morgan fingerprint density at radius 3 is 0.618 bits per heavy atom. The van der Waals surface area contributed by atoms with Gasteiger partial charge in [0.15, 0.2) is 0 Å². The van der Waals surface area contributed by atoms with Crippen molar-refractivity contribution in [1.29, 1.82) is 0 Å². The molecule has 0 saturated carbocycles. The van der Waals surface area contributed by atoms with Gasteiger partial charge in [-0.3, -0.25) is 0 Å². The third-order valence-electron chi connectivity index (χ3n) is 12.8. The largest absolute Gasteiger partial charge is 0.0978 e. The van der Waals surface area contributed by atoms with E-state index in [9.17, 15) is 0 Å². The highest BCUT2D eigenvalue weighted by Gasteiger charge is 2.50. The fourth-order valence-corrected chi connectivity index (χ4v) is 29.8. The summed E-state index contributed by atoms with van der Waals surface area (Å²) in [6.45, 7) is 22.7. The van der Waals surface area contributed by atoms with Crippen molar-refractivity contribution < 1.29 is 0 Å². The molecule has 0 aliphatic rings. The number of hydrogen-bond acceptors (Lipinski definition) is 0. The smallest absolute Gasteiger partial charge is 0.0184 e. The van der Waals surface area contributed by atoms with Gasteiger partial charge in [0, 0.05) is 10.3 Å². The van der Waals surface area contributed by atoms with Crippen LogP contribution in [-0.4, -0.2) is 59.6 Å². The van der Waals surface area contributed by atoms with Gasteiger partial charge in [0.2, 0.25) is 0 Å². The van der Waals surface area contributed by atoms with Crippen molar-refractivity contribution in [3.63, 3.8) is 0 Å². The van der Waals surface area contributed by atoms with Crippen LogP contribution in [0.15, 0.2) is 0 Å². The molecular formula is C51H108P4. The molecule has 332 valence electrons. The van der Waals surface area contributed by atoms with E-state index in [-0.39, 0.29) is 31.7 Å². The van der Waals surface area contributed by atoms with Crippen LogP contribution in [0, 0.1) is 0 Å². The average Bonchev–Trinajstić information content (AvgIpc) is 3.19. The maximum absolute atomic E-state index is 3.15. The van der Waals surface area contributed by atoms with Crippen LogP contribution in [0.3, 0.4) is 0 Å². The van der Waals surface area contributed by atoms with Crippen LogP contribution >= 0.6 is 31.7 Å². The molecule has 0 aromatic heterocycles. The molecule has 0 spiro atoms. The predicted octanol–water partition coefficient (Wildman–Crippen LogP) is 20.6. The molecule has 0 rings (SSSR count). The normalized spacial score (nSPS) is 12.5. The van der Waals surface area contributed by atoms with E-state index >= 15 is 0 Å². The van der Waals surface area contributed by atoms with E-state index in [1.807, 2.05) is 0 Å². The van der Waals surface area contributed by atoms with E-state index < -0.39 is 0 Å². The minimum absolute atomic E-state index is 0.0426. The Kier molecular flexibility index (Phi) is 43.7.